The van der Waals surface area contributed by atoms with E-state index in [2.05, 4.69) is 32.2 Å². The summed E-state index contributed by atoms with van der Waals surface area (Å²) in [5, 5.41) is 6.44. The number of rotatable bonds is 13. The molecule has 0 bridgehead atoms. The Morgan fingerprint density at radius 1 is 1.20 bits per heavy atom. The van der Waals surface area contributed by atoms with Gasteiger partial charge in [-0.25, -0.2) is 13.4 Å². The van der Waals surface area contributed by atoms with E-state index in [1.807, 2.05) is 6.07 Å². The molecule has 1 aliphatic heterocycles. The van der Waals surface area contributed by atoms with Crippen LogP contribution in [-0.2, 0) is 30.8 Å². The molecule has 4 rings (SSSR count). The highest BCUT2D eigenvalue weighted by molar-refractivity contribution is 7.89. The zero-order valence-corrected chi connectivity index (χ0v) is 25.0. The third-order valence-electron chi connectivity index (χ3n) is 7.81. The molecule has 41 heavy (non-hydrogen) atoms. The molecule has 2 aromatic rings. The SMILES string of the molecule is CCOC(=O)CN(C(=O)[C@H](CCCNc1ncc[nH]1)NS(=O)(=O)c1cccc2c1NCC(C)C2)C1CCCCCC1. The van der Waals surface area contributed by atoms with E-state index in [4.69, 9.17) is 4.74 Å². The number of benzene rings is 1. The molecular weight excluding hydrogens is 544 g/mol. The molecule has 1 aromatic heterocycles. The minimum atomic E-state index is -4.07. The van der Waals surface area contributed by atoms with Gasteiger partial charge < -0.3 is 25.3 Å². The van der Waals surface area contributed by atoms with Gasteiger partial charge in [-0.1, -0.05) is 44.7 Å². The second-order valence-corrected chi connectivity index (χ2v) is 12.8. The molecule has 2 heterocycles. The van der Waals surface area contributed by atoms with Crippen LogP contribution in [0.2, 0.25) is 0 Å². The molecule has 4 N–H and O–H groups in total. The number of hydrogen-bond acceptors (Lipinski definition) is 8. The molecule has 0 radical (unpaired) electrons. The van der Waals surface area contributed by atoms with Crippen molar-refractivity contribution in [2.75, 3.05) is 36.9 Å². The van der Waals surface area contributed by atoms with Crippen LogP contribution < -0.4 is 15.4 Å². The molecule has 2 aliphatic rings. The van der Waals surface area contributed by atoms with Crippen LogP contribution >= 0.6 is 0 Å². The van der Waals surface area contributed by atoms with E-state index < -0.39 is 27.9 Å². The van der Waals surface area contributed by atoms with Gasteiger partial charge >= 0.3 is 5.97 Å². The van der Waals surface area contributed by atoms with Gasteiger partial charge in [0.1, 0.15) is 17.5 Å². The Morgan fingerprint density at radius 2 is 1.98 bits per heavy atom. The first kappa shape index (κ1) is 30.8. The average molecular weight is 589 g/mol. The smallest absolute Gasteiger partial charge is 0.325 e. The van der Waals surface area contributed by atoms with Gasteiger partial charge in [-0.05, 0) is 56.6 Å². The molecule has 12 heteroatoms. The van der Waals surface area contributed by atoms with Gasteiger partial charge in [0.25, 0.3) is 0 Å². The lowest BCUT2D eigenvalue weighted by Gasteiger charge is -2.34. The Morgan fingerprint density at radius 3 is 2.68 bits per heavy atom. The van der Waals surface area contributed by atoms with E-state index in [-0.39, 0.29) is 30.5 Å². The number of carbonyl (C=O) groups is 2. The Kier molecular flexibility index (Phi) is 11.0. The first-order chi connectivity index (χ1) is 19.8. The molecule has 1 aliphatic carbocycles. The number of fused-ring (bicyclic) bond motifs is 1. The van der Waals surface area contributed by atoms with Crippen molar-refractivity contribution in [1.82, 2.24) is 19.6 Å². The maximum absolute atomic E-state index is 14.2. The second kappa shape index (κ2) is 14.7. The molecule has 1 fully saturated rings. The van der Waals surface area contributed by atoms with E-state index in [1.54, 1.807) is 36.4 Å². The summed E-state index contributed by atoms with van der Waals surface area (Å²) in [4.78, 5) is 35.6. The number of sulfonamides is 1. The number of esters is 1. The number of nitrogens with one attached hydrogen (secondary N) is 4. The molecule has 2 atom stereocenters. The first-order valence-electron chi connectivity index (χ1n) is 14.9. The number of amides is 1. The van der Waals surface area contributed by atoms with Crippen molar-refractivity contribution < 1.29 is 22.7 Å². The lowest BCUT2D eigenvalue weighted by molar-refractivity contribution is -0.151. The second-order valence-electron chi connectivity index (χ2n) is 11.1. The van der Waals surface area contributed by atoms with Gasteiger partial charge in [0.2, 0.25) is 15.9 Å². The predicted molar refractivity (Wildman–Crippen MR) is 158 cm³/mol. The molecule has 1 amide bonds. The number of carbonyl (C=O) groups excluding carboxylic acids is 2. The zero-order chi connectivity index (χ0) is 29.2. The first-order valence-corrected chi connectivity index (χ1v) is 16.3. The van der Waals surface area contributed by atoms with Crippen LogP contribution in [0.3, 0.4) is 0 Å². The van der Waals surface area contributed by atoms with Crippen LogP contribution in [0.25, 0.3) is 0 Å². The van der Waals surface area contributed by atoms with E-state index in [0.717, 1.165) is 50.5 Å². The van der Waals surface area contributed by atoms with Gasteiger partial charge in [-0.2, -0.15) is 4.72 Å². The van der Waals surface area contributed by atoms with E-state index in [9.17, 15) is 18.0 Å². The monoisotopic (exact) mass is 588 g/mol. The number of aromatic nitrogens is 2. The fourth-order valence-electron chi connectivity index (χ4n) is 5.76. The highest BCUT2D eigenvalue weighted by Gasteiger charge is 2.35. The highest BCUT2D eigenvalue weighted by atomic mass is 32.2. The van der Waals surface area contributed by atoms with Gasteiger partial charge in [-0.3, -0.25) is 9.59 Å². The van der Waals surface area contributed by atoms with Gasteiger partial charge in [0, 0.05) is 31.5 Å². The van der Waals surface area contributed by atoms with E-state index >= 15 is 0 Å². The van der Waals surface area contributed by atoms with E-state index in [0.29, 0.717) is 37.1 Å². The Labute approximate surface area is 243 Å². The molecule has 1 unspecified atom stereocenters. The third kappa shape index (κ3) is 8.45. The highest BCUT2D eigenvalue weighted by Crippen LogP contribution is 2.31. The van der Waals surface area contributed by atoms with Gasteiger partial charge in [0.05, 0.1) is 12.3 Å². The lowest BCUT2D eigenvalue weighted by Crippen LogP contribution is -2.53. The quantitative estimate of drug-likeness (QED) is 0.158. The summed E-state index contributed by atoms with van der Waals surface area (Å²) >= 11 is 0. The fraction of sp³-hybridized carbons (Fsp3) is 0.621. The molecule has 226 valence electrons. The van der Waals surface area contributed by atoms with E-state index in [1.165, 1.54) is 0 Å². The number of imidazole rings is 1. The number of aromatic amines is 1. The van der Waals surface area contributed by atoms with Gasteiger partial charge in [-0.15, -0.1) is 0 Å². The third-order valence-corrected chi connectivity index (χ3v) is 9.32. The van der Waals surface area contributed by atoms with Crippen LogP contribution in [0.4, 0.5) is 11.6 Å². The number of ether oxygens (including phenoxy) is 1. The summed E-state index contributed by atoms with van der Waals surface area (Å²) in [6.45, 7) is 5.03. The topological polar surface area (TPSA) is 146 Å². The standard InChI is InChI=1S/C29H44N6O5S/c1-3-40-26(36)20-35(23-11-6-4-5-7-12-23)28(37)24(13-9-15-30-29-31-16-17-32-29)34-41(38,39)25-14-8-10-22-18-21(2)19-33-27(22)25/h8,10,14,16-17,21,23-24,33-34H,3-7,9,11-13,15,18-20H2,1-2H3,(H2,30,31,32)/t21?,24-/m0/s1. The Bertz CT molecular complexity index is 1240. The van der Waals surface area contributed by atoms with Crippen molar-refractivity contribution in [3.8, 4) is 0 Å². The largest absolute Gasteiger partial charge is 0.465 e. The van der Waals surface area contributed by atoms with Gasteiger partial charge in [0.15, 0.2) is 5.95 Å². The maximum atomic E-state index is 14.2. The number of nitrogens with zero attached hydrogens (tertiary/aromatic N) is 2. The maximum Gasteiger partial charge on any atom is 0.325 e. The molecule has 1 aromatic carbocycles. The zero-order valence-electron chi connectivity index (χ0n) is 24.2. The lowest BCUT2D eigenvalue weighted by atomic mass is 9.96. The van der Waals surface area contributed by atoms with Crippen molar-refractivity contribution >= 4 is 33.5 Å². The van der Waals surface area contributed by atoms with Crippen molar-refractivity contribution in [1.29, 1.82) is 0 Å². The fourth-order valence-corrected chi connectivity index (χ4v) is 7.21. The molecular formula is C29H44N6O5S. The molecule has 11 nitrogen and oxygen atoms in total. The van der Waals surface area contributed by atoms with Crippen LogP contribution in [-0.4, -0.2) is 73.5 Å². The summed E-state index contributed by atoms with van der Waals surface area (Å²) in [6.07, 6.45) is 10.5. The average Bonchev–Trinajstić information content (AvgIpc) is 3.33. The van der Waals surface area contributed by atoms with Crippen molar-refractivity contribution in [3.63, 3.8) is 0 Å². The molecule has 0 saturated heterocycles. The Balaban J connectivity index is 1.59. The van der Waals surface area contributed by atoms with Crippen LogP contribution in [0.5, 0.6) is 0 Å². The summed E-state index contributed by atoms with van der Waals surface area (Å²) in [7, 11) is -4.07. The van der Waals surface area contributed by atoms with Crippen LogP contribution in [0.1, 0.15) is 70.8 Å². The number of para-hydroxylation sites is 1. The summed E-state index contributed by atoms with van der Waals surface area (Å²) in [5.74, 6) is 0.118. The summed E-state index contributed by atoms with van der Waals surface area (Å²) in [6, 6.07) is 4.07. The summed E-state index contributed by atoms with van der Waals surface area (Å²) in [5.41, 5.74) is 1.54. The number of H-pyrrole nitrogens is 1. The van der Waals surface area contributed by atoms with Crippen LogP contribution in [0, 0.1) is 5.92 Å². The summed E-state index contributed by atoms with van der Waals surface area (Å²) < 4.78 is 35.7. The molecule has 1 saturated carbocycles. The minimum absolute atomic E-state index is 0.139. The van der Waals surface area contributed by atoms with Crippen molar-refractivity contribution in [2.45, 2.75) is 88.6 Å². The van der Waals surface area contributed by atoms with Crippen molar-refractivity contribution in [2.24, 2.45) is 5.92 Å². The Hall–Kier alpha value is -3.12. The molecule has 0 spiro atoms. The number of hydrogen-bond donors (Lipinski definition) is 4. The normalized spacial score (nSPS) is 18.4. The van der Waals surface area contributed by atoms with Crippen LogP contribution in [0.15, 0.2) is 35.5 Å². The predicted octanol–water partition coefficient (Wildman–Crippen LogP) is 3.67. The number of anilines is 2. The van der Waals surface area contributed by atoms with Crippen molar-refractivity contribution in [3.05, 3.63) is 36.2 Å². The minimum Gasteiger partial charge on any atom is -0.465 e.